The largest absolute Gasteiger partial charge is 0.326 e. The zero-order valence-corrected chi connectivity index (χ0v) is 15.2. The van der Waals surface area contributed by atoms with E-state index in [1.807, 2.05) is 19.9 Å². The number of carbonyl (C=O) groups excluding carboxylic acids is 2. The van der Waals surface area contributed by atoms with Gasteiger partial charge in [-0.05, 0) is 50.2 Å². The zero-order valence-electron chi connectivity index (χ0n) is 13.6. The summed E-state index contributed by atoms with van der Waals surface area (Å²) in [6, 6.07) is 11.4. The number of nitrogens with one attached hydrogen (secondary N) is 2. The number of anilines is 1. The second-order valence-electron chi connectivity index (χ2n) is 5.52. The van der Waals surface area contributed by atoms with Gasteiger partial charge in [0.05, 0.1) is 22.4 Å². The Labute approximate surface area is 152 Å². The fourth-order valence-electron chi connectivity index (χ4n) is 2.28. The number of aromatic nitrogens is 2. The second-order valence-corrected chi connectivity index (χ2v) is 6.43. The maximum Gasteiger partial charge on any atom is 0.326 e. The first-order valence-corrected chi connectivity index (χ1v) is 8.34. The van der Waals surface area contributed by atoms with Gasteiger partial charge in [0.1, 0.15) is 0 Å². The minimum atomic E-state index is -0.602. The van der Waals surface area contributed by atoms with Crippen LogP contribution in [0.25, 0.3) is 11.0 Å². The number of halogens is 1. The van der Waals surface area contributed by atoms with Gasteiger partial charge in [0.15, 0.2) is 0 Å². The highest BCUT2D eigenvalue weighted by atomic mass is 79.9. The Kier molecular flexibility index (Phi) is 4.76. The molecule has 0 aliphatic heterocycles. The number of carbonyl (C=O) groups is 2. The number of hydrogen-bond acceptors (Lipinski definition) is 4. The fraction of sp³-hybridized carbons (Fsp3) is 0.111. The molecule has 1 heterocycles. The van der Waals surface area contributed by atoms with Crippen molar-refractivity contribution in [1.29, 1.82) is 0 Å². The number of rotatable bonds is 2. The van der Waals surface area contributed by atoms with Crippen molar-refractivity contribution in [3.8, 4) is 0 Å². The van der Waals surface area contributed by atoms with Gasteiger partial charge in [-0.2, -0.15) is 0 Å². The van der Waals surface area contributed by atoms with Crippen molar-refractivity contribution in [3.63, 3.8) is 0 Å². The number of imide groups is 1. The van der Waals surface area contributed by atoms with Crippen LogP contribution in [0, 0.1) is 13.8 Å². The van der Waals surface area contributed by atoms with Crippen LogP contribution in [0.3, 0.4) is 0 Å². The Morgan fingerprint density at radius 1 is 0.960 bits per heavy atom. The van der Waals surface area contributed by atoms with Gasteiger partial charge in [-0.1, -0.05) is 22.0 Å². The fourth-order valence-corrected chi connectivity index (χ4v) is 2.68. The molecule has 0 bridgehead atoms. The molecule has 3 rings (SSSR count). The molecule has 2 N–H and O–H groups in total. The first kappa shape index (κ1) is 17.0. The van der Waals surface area contributed by atoms with Gasteiger partial charge in [0.25, 0.3) is 5.91 Å². The maximum absolute atomic E-state index is 12.3. The summed E-state index contributed by atoms with van der Waals surface area (Å²) < 4.78 is 0.829. The summed E-state index contributed by atoms with van der Waals surface area (Å²) in [7, 11) is 0. The molecule has 3 amide bonds. The Hall–Kier alpha value is -2.80. The van der Waals surface area contributed by atoms with E-state index < -0.39 is 11.9 Å². The summed E-state index contributed by atoms with van der Waals surface area (Å²) >= 11 is 3.32. The van der Waals surface area contributed by atoms with E-state index in [2.05, 4.69) is 36.5 Å². The number of amides is 3. The molecule has 0 spiro atoms. The number of hydrogen-bond donors (Lipinski definition) is 2. The second kappa shape index (κ2) is 6.98. The molecule has 3 aromatic rings. The molecule has 0 aliphatic rings. The van der Waals surface area contributed by atoms with Crippen molar-refractivity contribution >= 4 is 44.6 Å². The first-order chi connectivity index (χ1) is 11.9. The Balaban J connectivity index is 1.75. The molecule has 1 aromatic heterocycles. The van der Waals surface area contributed by atoms with Gasteiger partial charge in [0.2, 0.25) is 0 Å². The molecule has 0 saturated carbocycles. The van der Waals surface area contributed by atoms with Crippen LogP contribution in [0.2, 0.25) is 0 Å². The summed E-state index contributed by atoms with van der Waals surface area (Å²) in [5.41, 5.74) is 3.89. The predicted octanol–water partition coefficient (Wildman–Crippen LogP) is 3.97. The average Bonchev–Trinajstić information content (AvgIpc) is 2.55. The lowest BCUT2D eigenvalue weighted by Crippen LogP contribution is -2.34. The lowest BCUT2D eigenvalue weighted by Gasteiger charge is -2.08. The molecule has 6 nitrogen and oxygen atoms in total. The first-order valence-electron chi connectivity index (χ1n) is 7.55. The van der Waals surface area contributed by atoms with Crippen molar-refractivity contribution in [3.05, 3.63) is 63.9 Å². The van der Waals surface area contributed by atoms with E-state index in [1.54, 1.807) is 36.4 Å². The standard InChI is InChI=1S/C18H15BrN4O2/c1-10-11(2)21-16-8-12(6-7-15(16)20-10)17(24)23-18(25)22-14-5-3-4-13(19)9-14/h3-9H,1-2H3,(H2,22,23,24,25). The monoisotopic (exact) mass is 398 g/mol. The molecular formula is C18H15BrN4O2. The molecule has 0 fully saturated rings. The lowest BCUT2D eigenvalue weighted by atomic mass is 10.1. The smallest absolute Gasteiger partial charge is 0.308 e. The van der Waals surface area contributed by atoms with Crippen LogP contribution in [-0.4, -0.2) is 21.9 Å². The number of aryl methyl sites for hydroxylation is 2. The van der Waals surface area contributed by atoms with Crippen LogP contribution in [0.15, 0.2) is 46.9 Å². The third kappa shape index (κ3) is 4.00. The molecular weight excluding hydrogens is 384 g/mol. The van der Waals surface area contributed by atoms with Crippen LogP contribution in [0.4, 0.5) is 10.5 Å². The zero-order chi connectivity index (χ0) is 18.0. The van der Waals surface area contributed by atoms with Gasteiger partial charge < -0.3 is 5.32 Å². The third-order valence-corrected chi connectivity index (χ3v) is 4.14. The van der Waals surface area contributed by atoms with Gasteiger partial charge in [-0.3, -0.25) is 10.1 Å². The van der Waals surface area contributed by atoms with Crippen LogP contribution in [-0.2, 0) is 0 Å². The van der Waals surface area contributed by atoms with Crippen LogP contribution in [0.5, 0.6) is 0 Å². The highest BCUT2D eigenvalue weighted by Crippen LogP contribution is 2.16. The van der Waals surface area contributed by atoms with Crippen LogP contribution in [0.1, 0.15) is 21.7 Å². The number of fused-ring (bicyclic) bond motifs is 1. The third-order valence-electron chi connectivity index (χ3n) is 3.65. The molecule has 0 atom stereocenters. The molecule has 0 aliphatic carbocycles. The van der Waals surface area contributed by atoms with Crippen molar-refractivity contribution in [1.82, 2.24) is 15.3 Å². The molecule has 126 valence electrons. The maximum atomic E-state index is 12.3. The molecule has 25 heavy (non-hydrogen) atoms. The molecule has 2 aromatic carbocycles. The van der Waals surface area contributed by atoms with E-state index in [0.29, 0.717) is 22.3 Å². The summed E-state index contributed by atoms with van der Waals surface area (Å²) in [6.45, 7) is 3.74. The predicted molar refractivity (Wildman–Crippen MR) is 99.6 cm³/mol. The topological polar surface area (TPSA) is 84.0 Å². The molecule has 0 saturated heterocycles. The van der Waals surface area contributed by atoms with Crippen LogP contribution >= 0.6 is 15.9 Å². The number of urea groups is 1. The van der Waals surface area contributed by atoms with E-state index in [1.165, 1.54) is 0 Å². The van der Waals surface area contributed by atoms with E-state index in [9.17, 15) is 9.59 Å². The van der Waals surface area contributed by atoms with Crippen LogP contribution < -0.4 is 10.6 Å². The number of nitrogens with zero attached hydrogens (tertiary/aromatic N) is 2. The highest BCUT2D eigenvalue weighted by Gasteiger charge is 2.12. The highest BCUT2D eigenvalue weighted by molar-refractivity contribution is 9.10. The number of benzene rings is 2. The van der Waals surface area contributed by atoms with Gasteiger partial charge in [0, 0.05) is 15.7 Å². The minimum absolute atomic E-state index is 0.342. The van der Waals surface area contributed by atoms with Crippen molar-refractivity contribution in [2.45, 2.75) is 13.8 Å². The quantitative estimate of drug-likeness (QED) is 0.683. The molecule has 0 unspecified atom stereocenters. The molecule has 7 heteroatoms. The lowest BCUT2D eigenvalue weighted by molar-refractivity contribution is 0.0967. The Morgan fingerprint density at radius 3 is 2.40 bits per heavy atom. The summed E-state index contributed by atoms with van der Waals surface area (Å²) in [5.74, 6) is -0.505. The summed E-state index contributed by atoms with van der Waals surface area (Å²) in [4.78, 5) is 33.1. The normalized spacial score (nSPS) is 10.5. The summed E-state index contributed by atoms with van der Waals surface area (Å²) in [5, 5.41) is 4.91. The van der Waals surface area contributed by atoms with Crippen molar-refractivity contribution in [2.75, 3.05) is 5.32 Å². The van der Waals surface area contributed by atoms with E-state index in [4.69, 9.17) is 0 Å². The van der Waals surface area contributed by atoms with Crippen molar-refractivity contribution in [2.24, 2.45) is 0 Å². The average molecular weight is 399 g/mol. The molecule has 0 radical (unpaired) electrons. The van der Waals surface area contributed by atoms with E-state index >= 15 is 0 Å². The van der Waals surface area contributed by atoms with E-state index in [-0.39, 0.29) is 0 Å². The van der Waals surface area contributed by atoms with Gasteiger partial charge >= 0.3 is 6.03 Å². The Bertz CT molecular complexity index is 988. The van der Waals surface area contributed by atoms with E-state index in [0.717, 1.165) is 15.9 Å². The minimum Gasteiger partial charge on any atom is -0.308 e. The van der Waals surface area contributed by atoms with Crippen molar-refractivity contribution < 1.29 is 9.59 Å². The SMILES string of the molecule is Cc1nc2ccc(C(=O)NC(=O)Nc3cccc(Br)c3)cc2nc1C. The Morgan fingerprint density at radius 2 is 1.68 bits per heavy atom. The summed E-state index contributed by atoms with van der Waals surface area (Å²) in [6.07, 6.45) is 0. The van der Waals surface area contributed by atoms with Gasteiger partial charge in [-0.25, -0.2) is 14.8 Å². The van der Waals surface area contributed by atoms with Gasteiger partial charge in [-0.15, -0.1) is 0 Å².